The number of aromatic nitrogens is 2. The van der Waals surface area contributed by atoms with Crippen LogP contribution in [0.4, 0.5) is 11.6 Å². The SMILES string of the molecule is COc1ccc(CCC[N+](C)(C)CCN=C([O-])c2nc(Cl)c(N)nc2N)cc1. The number of halogens is 1. The molecule has 0 amide bonds. The van der Waals surface area contributed by atoms with Crippen molar-refractivity contribution in [3.05, 3.63) is 40.7 Å². The molecule has 8 nitrogen and oxygen atoms in total. The van der Waals surface area contributed by atoms with Gasteiger partial charge >= 0.3 is 0 Å². The summed E-state index contributed by atoms with van der Waals surface area (Å²) in [6, 6.07) is 8.10. The van der Waals surface area contributed by atoms with Gasteiger partial charge in [-0.15, -0.1) is 0 Å². The monoisotopic (exact) mass is 406 g/mol. The summed E-state index contributed by atoms with van der Waals surface area (Å²) in [7, 11) is 5.89. The van der Waals surface area contributed by atoms with E-state index in [4.69, 9.17) is 27.8 Å². The number of methoxy groups -OCH3 is 1. The number of aryl methyl sites for hydroxylation is 1. The van der Waals surface area contributed by atoms with Crippen LogP contribution in [0.5, 0.6) is 5.75 Å². The molecule has 4 N–H and O–H groups in total. The molecule has 2 rings (SSSR count). The van der Waals surface area contributed by atoms with E-state index >= 15 is 0 Å². The van der Waals surface area contributed by atoms with E-state index in [0.29, 0.717) is 13.1 Å². The second kappa shape index (κ2) is 9.57. The summed E-state index contributed by atoms with van der Waals surface area (Å²) in [4.78, 5) is 11.7. The van der Waals surface area contributed by atoms with Gasteiger partial charge in [0.2, 0.25) is 0 Å². The van der Waals surface area contributed by atoms with Crippen LogP contribution >= 0.6 is 11.6 Å². The smallest absolute Gasteiger partial charge is 0.172 e. The first-order valence-electron chi connectivity index (χ1n) is 8.97. The van der Waals surface area contributed by atoms with E-state index in [-0.39, 0.29) is 22.5 Å². The third-order valence-electron chi connectivity index (χ3n) is 4.46. The number of hydrogen-bond donors (Lipinski definition) is 2. The molecule has 1 heterocycles. The number of likely N-dealkylation sites (N-methyl/N-ethyl adjacent to an activating group) is 1. The first kappa shape index (κ1) is 21.7. The number of rotatable bonds is 9. The van der Waals surface area contributed by atoms with Crippen LogP contribution in [-0.2, 0) is 6.42 Å². The lowest BCUT2D eigenvalue weighted by molar-refractivity contribution is -0.889. The number of ether oxygens (including phenoxy) is 1. The number of hydrogen-bond acceptors (Lipinski definition) is 7. The fourth-order valence-corrected chi connectivity index (χ4v) is 2.84. The highest BCUT2D eigenvalue weighted by molar-refractivity contribution is 6.31. The van der Waals surface area contributed by atoms with Crippen LogP contribution in [0.1, 0.15) is 17.7 Å². The van der Waals surface area contributed by atoms with Crippen LogP contribution in [0.25, 0.3) is 0 Å². The number of nitrogens with two attached hydrogens (primary N) is 2. The Labute approximate surface area is 170 Å². The Morgan fingerprint density at radius 3 is 2.46 bits per heavy atom. The van der Waals surface area contributed by atoms with Crippen LogP contribution < -0.4 is 21.3 Å². The van der Waals surface area contributed by atoms with E-state index in [9.17, 15) is 5.11 Å². The van der Waals surface area contributed by atoms with Crippen LogP contribution in [0.3, 0.4) is 0 Å². The quantitative estimate of drug-likeness (QED) is 0.365. The summed E-state index contributed by atoms with van der Waals surface area (Å²) < 4.78 is 5.92. The Morgan fingerprint density at radius 1 is 1.14 bits per heavy atom. The summed E-state index contributed by atoms with van der Waals surface area (Å²) in [6.07, 6.45) is 2.01. The summed E-state index contributed by atoms with van der Waals surface area (Å²) in [6.45, 7) is 2.03. The van der Waals surface area contributed by atoms with E-state index in [1.807, 2.05) is 12.1 Å². The third kappa shape index (κ3) is 6.24. The summed E-state index contributed by atoms with van der Waals surface area (Å²) in [5, 5.41) is 12.1. The van der Waals surface area contributed by atoms with Crippen molar-refractivity contribution >= 4 is 29.1 Å². The molecular weight excluding hydrogens is 380 g/mol. The molecule has 0 bridgehead atoms. The lowest BCUT2D eigenvalue weighted by Crippen LogP contribution is -2.43. The largest absolute Gasteiger partial charge is 0.857 e. The van der Waals surface area contributed by atoms with Crippen molar-refractivity contribution in [1.29, 1.82) is 0 Å². The van der Waals surface area contributed by atoms with E-state index in [2.05, 4.69) is 41.2 Å². The van der Waals surface area contributed by atoms with Crippen LogP contribution in [0, 0.1) is 0 Å². The van der Waals surface area contributed by atoms with Crippen LogP contribution in [-0.4, -0.2) is 61.2 Å². The minimum Gasteiger partial charge on any atom is -0.857 e. The van der Waals surface area contributed by atoms with Crippen molar-refractivity contribution < 1.29 is 14.3 Å². The van der Waals surface area contributed by atoms with E-state index < -0.39 is 5.90 Å². The maximum Gasteiger partial charge on any atom is 0.172 e. The van der Waals surface area contributed by atoms with Gasteiger partial charge in [0.15, 0.2) is 16.8 Å². The number of aliphatic imine (C=N–C) groups is 1. The highest BCUT2D eigenvalue weighted by atomic mass is 35.5. The van der Waals surface area contributed by atoms with Crippen LogP contribution in [0.2, 0.25) is 5.15 Å². The number of quaternary nitrogens is 1. The first-order chi connectivity index (χ1) is 13.2. The highest BCUT2D eigenvalue weighted by Crippen LogP contribution is 2.17. The van der Waals surface area contributed by atoms with E-state index in [0.717, 1.165) is 29.6 Å². The van der Waals surface area contributed by atoms with Crippen molar-refractivity contribution in [3.63, 3.8) is 0 Å². The molecule has 9 heteroatoms. The number of benzene rings is 1. The normalized spacial score (nSPS) is 12.2. The molecule has 0 saturated carbocycles. The Kier molecular flexibility index (Phi) is 7.42. The van der Waals surface area contributed by atoms with Gasteiger partial charge in [0, 0.05) is 12.3 Å². The molecule has 0 atom stereocenters. The van der Waals surface area contributed by atoms with Gasteiger partial charge < -0.3 is 25.8 Å². The fraction of sp³-hybridized carbons (Fsp3) is 0.421. The van der Waals surface area contributed by atoms with Crippen molar-refractivity contribution in [3.8, 4) is 5.75 Å². The second-order valence-electron chi connectivity index (χ2n) is 7.15. The standard InChI is InChI=1S/C19H27ClN6O2/c1-26(2,11-4-5-13-6-8-14(28-3)9-7-13)12-10-23-19(27)15-17(21)25-18(22)16(20)24-15/h6-9H,4-5,10-12H2,1-3H3,(H4-,21,22,23,25,27). The lowest BCUT2D eigenvalue weighted by atomic mass is 10.1. The molecule has 1 aromatic carbocycles. The molecule has 0 aliphatic heterocycles. The number of nitrogens with zero attached hydrogens (tertiary/aromatic N) is 4. The number of anilines is 2. The Hall–Kier alpha value is -2.58. The topological polar surface area (TPSA) is 122 Å². The average Bonchev–Trinajstić information content (AvgIpc) is 2.65. The molecule has 0 radical (unpaired) electrons. The minimum atomic E-state index is -0.537. The fourth-order valence-electron chi connectivity index (χ4n) is 2.71. The Bertz CT molecular complexity index is 824. The summed E-state index contributed by atoms with van der Waals surface area (Å²) in [5.41, 5.74) is 12.4. The van der Waals surface area contributed by atoms with Crippen molar-refractivity contribution in [2.24, 2.45) is 4.99 Å². The van der Waals surface area contributed by atoms with Gasteiger partial charge in [0.25, 0.3) is 0 Å². The van der Waals surface area contributed by atoms with Crippen molar-refractivity contribution in [2.75, 3.05) is 52.3 Å². The molecule has 0 saturated heterocycles. The molecule has 0 aliphatic rings. The molecule has 2 aromatic rings. The average molecular weight is 407 g/mol. The zero-order valence-corrected chi connectivity index (χ0v) is 17.2. The van der Waals surface area contributed by atoms with Gasteiger partial charge in [-0.2, -0.15) is 0 Å². The predicted molar refractivity (Wildman–Crippen MR) is 110 cm³/mol. The van der Waals surface area contributed by atoms with Gasteiger partial charge in [0.05, 0.1) is 40.8 Å². The van der Waals surface area contributed by atoms with Gasteiger partial charge in [-0.05, 0) is 24.1 Å². The molecule has 152 valence electrons. The van der Waals surface area contributed by atoms with Crippen molar-refractivity contribution in [2.45, 2.75) is 12.8 Å². The van der Waals surface area contributed by atoms with Gasteiger partial charge in [-0.25, -0.2) is 9.97 Å². The first-order valence-corrected chi connectivity index (χ1v) is 9.35. The Balaban J connectivity index is 1.84. The summed E-state index contributed by atoms with van der Waals surface area (Å²) >= 11 is 5.80. The molecule has 0 spiro atoms. The maximum absolute atomic E-state index is 12.2. The lowest BCUT2D eigenvalue weighted by Gasteiger charge is -2.29. The predicted octanol–water partition coefficient (Wildman–Crippen LogP) is 1.12. The summed E-state index contributed by atoms with van der Waals surface area (Å²) in [5.74, 6) is 0.248. The van der Waals surface area contributed by atoms with Gasteiger partial charge in [-0.3, -0.25) is 4.99 Å². The Morgan fingerprint density at radius 2 is 1.82 bits per heavy atom. The van der Waals surface area contributed by atoms with Crippen LogP contribution in [0.15, 0.2) is 29.3 Å². The molecule has 1 aromatic heterocycles. The van der Waals surface area contributed by atoms with Gasteiger partial charge in [-0.1, -0.05) is 23.7 Å². The number of nitrogen functional groups attached to an aromatic ring is 2. The molecule has 0 unspecified atom stereocenters. The maximum atomic E-state index is 12.2. The second-order valence-corrected chi connectivity index (χ2v) is 7.51. The molecule has 0 aliphatic carbocycles. The molecular formula is C19H27ClN6O2. The van der Waals surface area contributed by atoms with E-state index in [1.165, 1.54) is 5.56 Å². The molecule has 0 fully saturated rings. The zero-order chi connectivity index (χ0) is 20.7. The van der Waals surface area contributed by atoms with Crippen molar-refractivity contribution in [1.82, 2.24) is 9.97 Å². The highest BCUT2D eigenvalue weighted by Gasteiger charge is 2.14. The molecule has 28 heavy (non-hydrogen) atoms. The minimum absolute atomic E-state index is 0.00891. The van der Waals surface area contributed by atoms with E-state index in [1.54, 1.807) is 7.11 Å². The van der Waals surface area contributed by atoms with Gasteiger partial charge in [0.1, 0.15) is 11.4 Å². The third-order valence-corrected chi connectivity index (χ3v) is 4.73. The zero-order valence-electron chi connectivity index (χ0n) is 16.5.